The Morgan fingerprint density at radius 1 is 1.21 bits per heavy atom. The zero-order chi connectivity index (χ0) is 13.8. The molecule has 0 bridgehead atoms. The predicted molar refractivity (Wildman–Crippen MR) is 84.7 cm³/mol. The second-order valence-electron chi connectivity index (χ2n) is 5.35. The highest BCUT2D eigenvalue weighted by atomic mass is 15.3. The first-order chi connectivity index (χ1) is 9.38. The summed E-state index contributed by atoms with van der Waals surface area (Å²) in [5, 5.41) is 0. The van der Waals surface area contributed by atoms with Gasteiger partial charge in [-0.1, -0.05) is 38.3 Å². The molecule has 0 radical (unpaired) electrons. The molecule has 3 heteroatoms. The Bertz CT molecular complexity index is 261. The van der Waals surface area contributed by atoms with Gasteiger partial charge < -0.3 is 5.73 Å². The third kappa shape index (κ3) is 7.48. The molecule has 1 heterocycles. The Labute approximate surface area is 119 Å². The van der Waals surface area contributed by atoms with Crippen LogP contribution in [0.1, 0.15) is 58.3 Å². The molecule has 0 aromatic rings. The Morgan fingerprint density at radius 3 is 2.74 bits per heavy atom. The van der Waals surface area contributed by atoms with Crippen molar-refractivity contribution in [2.75, 3.05) is 19.6 Å². The predicted octanol–water partition coefficient (Wildman–Crippen LogP) is 3.35. The number of hydrogen-bond acceptors (Lipinski definition) is 3. The number of aliphatic imine (C=N–C) groups is 1. The van der Waals surface area contributed by atoms with Crippen LogP contribution in [0, 0.1) is 0 Å². The van der Waals surface area contributed by atoms with E-state index in [1.807, 2.05) is 6.21 Å². The van der Waals surface area contributed by atoms with Crippen LogP contribution in [0.15, 0.2) is 17.1 Å². The fraction of sp³-hybridized carbons (Fsp3) is 0.812. The van der Waals surface area contributed by atoms with Gasteiger partial charge in [-0.3, -0.25) is 9.89 Å². The number of nitrogens with zero attached hydrogens (tertiary/aromatic N) is 2. The summed E-state index contributed by atoms with van der Waals surface area (Å²) in [6, 6.07) is 0. The van der Waals surface area contributed by atoms with E-state index in [1.54, 1.807) is 0 Å². The number of hydrogen-bond donors (Lipinski definition) is 1. The topological polar surface area (TPSA) is 41.6 Å². The van der Waals surface area contributed by atoms with Gasteiger partial charge in [-0.05, 0) is 32.1 Å². The molecule has 1 unspecified atom stereocenters. The lowest BCUT2D eigenvalue weighted by atomic mass is 10.1. The summed E-state index contributed by atoms with van der Waals surface area (Å²) in [6.45, 7) is 4.94. The molecule has 1 aliphatic heterocycles. The van der Waals surface area contributed by atoms with Crippen LogP contribution in [0.25, 0.3) is 0 Å². The highest BCUT2D eigenvalue weighted by Crippen LogP contribution is 2.13. The van der Waals surface area contributed by atoms with Crippen molar-refractivity contribution in [3.8, 4) is 0 Å². The van der Waals surface area contributed by atoms with E-state index in [-0.39, 0.29) is 0 Å². The van der Waals surface area contributed by atoms with Crippen LogP contribution in [0.2, 0.25) is 0 Å². The van der Waals surface area contributed by atoms with Crippen LogP contribution in [-0.2, 0) is 0 Å². The molecule has 0 aliphatic carbocycles. The highest BCUT2D eigenvalue weighted by Gasteiger charge is 2.18. The Kier molecular flexibility index (Phi) is 9.64. The maximum atomic E-state index is 5.61. The van der Waals surface area contributed by atoms with E-state index >= 15 is 0 Å². The fourth-order valence-electron chi connectivity index (χ4n) is 2.50. The maximum Gasteiger partial charge on any atom is 0.102 e. The minimum atomic E-state index is 0.390. The van der Waals surface area contributed by atoms with E-state index < -0.39 is 0 Å². The average molecular weight is 265 g/mol. The molecule has 110 valence electrons. The van der Waals surface area contributed by atoms with Gasteiger partial charge in [0.2, 0.25) is 0 Å². The standard InChI is InChI=1S/C16H31N3/c1-2-3-4-5-6-7-8-9-10-11-16-18-13-15-19(16)14-12-17/h7-8,13,16H,2-6,9-12,14-15,17H2,1H3/b8-7+. The molecule has 2 N–H and O–H groups in total. The largest absolute Gasteiger partial charge is 0.329 e. The molecule has 0 saturated heterocycles. The number of unbranched alkanes of at least 4 members (excludes halogenated alkanes) is 5. The van der Waals surface area contributed by atoms with E-state index in [4.69, 9.17) is 5.73 Å². The van der Waals surface area contributed by atoms with Crippen LogP contribution in [0.5, 0.6) is 0 Å². The summed E-state index contributed by atoms with van der Waals surface area (Å²) >= 11 is 0. The minimum absolute atomic E-state index is 0.390. The number of allylic oxidation sites excluding steroid dienone is 2. The van der Waals surface area contributed by atoms with E-state index in [0.29, 0.717) is 6.17 Å². The highest BCUT2D eigenvalue weighted by molar-refractivity contribution is 5.62. The molecule has 0 spiro atoms. The molecular weight excluding hydrogens is 234 g/mol. The summed E-state index contributed by atoms with van der Waals surface area (Å²) in [4.78, 5) is 6.89. The molecule has 1 aliphatic rings. The molecule has 0 aromatic heterocycles. The van der Waals surface area contributed by atoms with Crippen molar-refractivity contribution in [3.63, 3.8) is 0 Å². The second kappa shape index (κ2) is 11.2. The molecule has 1 atom stereocenters. The summed E-state index contributed by atoms with van der Waals surface area (Å²) in [5.41, 5.74) is 5.61. The zero-order valence-electron chi connectivity index (χ0n) is 12.6. The Balaban J connectivity index is 1.98. The van der Waals surface area contributed by atoms with Gasteiger partial charge in [-0.15, -0.1) is 0 Å². The van der Waals surface area contributed by atoms with Crippen LogP contribution in [0.4, 0.5) is 0 Å². The monoisotopic (exact) mass is 265 g/mol. The molecule has 1 rings (SSSR count). The van der Waals surface area contributed by atoms with Gasteiger partial charge in [-0.2, -0.15) is 0 Å². The van der Waals surface area contributed by atoms with E-state index in [0.717, 1.165) is 26.1 Å². The summed E-state index contributed by atoms with van der Waals surface area (Å²) in [6.07, 6.45) is 17.4. The van der Waals surface area contributed by atoms with Gasteiger partial charge in [-0.25, -0.2) is 0 Å². The maximum absolute atomic E-state index is 5.61. The van der Waals surface area contributed by atoms with Gasteiger partial charge in [0.25, 0.3) is 0 Å². The quantitative estimate of drug-likeness (QED) is 0.460. The SMILES string of the molecule is CCCCCC/C=C/CCCC1N=CCN1CCN. The normalized spacial score (nSPS) is 19.8. The van der Waals surface area contributed by atoms with Gasteiger partial charge >= 0.3 is 0 Å². The number of rotatable bonds is 11. The summed E-state index contributed by atoms with van der Waals surface area (Å²) in [7, 11) is 0. The van der Waals surface area contributed by atoms with Crippen molar-refractivity contribution in [1.82, 2.24) is 4.90 Å². The van der Waals surface area contributed by atoms with Crippen molar-refractivity contribution in [1.29, 1.82) is 0 Å². The molecule has 19 heavy (non-hydrogen) atoms. The molecule has 0 fully saturated rings. The van der Waals surface area contributed by atoms with Crippen molar-refractivity contribution in [3.05, 3.63) is 12.2 Å². The smallest absolute Gasteiger partial charge is 0.102 e. The van der Waals surface area contributed by atoms with E-state index in [2.05, 4.69) is 29.0 Å². The van der Waals surface area contributed by atoms with Crippen molar-refractivity contribution in [2.24, 2.45) is 10.7 Å². The lowest BCUT2D eigenvalue weighted by Gasteiger charge is -2.21. The first kappa shape index (κ1) is 16.4. The van der Waals surface area contributed by atoms with Gasteiger partial charge in [0, 0.05) is 25.8 Å². The van der Waals surface area contributed by atoms with Crippen LogP contribution < -0.4 is 5.73 Å². The Morgan fingerprint density at radius 2 is 2.00 bits per heavy atom. The molecule has 0 amide bonds. The van der Waals surface area contributed by atoms with Gasteiger partial charge in [0.05, 0.1) is 0 Å². The third-order valence-electron chi connectivity index (χ3n) is 3.66. The minimum Gasteiger partial charge on any atom is -0.329 e. The van der Waals surface area contributed by atoms with Gasteiger partial charge in [0.15, 0.2) is 0 Å². The van der Waals surface area contributed by atoms with E-state index in [9.17, 15) is 0 Å². The lowest BCUT2D eigenvalue weighted by Crippen LogP contribution is -2.34. The van der Waals surface area contributed by atoms with Crippen molar-refractivity contribution >= 4 is 6.21 Å². The van der Waals surface area contributed by atoms with Gasteiger partial charge in [0.1, 0.15) is 6.17 Å². The van der Waals surface area contributed by atoms with Crippen LogP contribution >= 0.6 is 0 Å². The zero-order valence-corrected chi connectivity index (χ0v) is 12.6. The van der Waals surface area contributed by atoms with E-state index in [1.165, 1.54) is 44.9 Å². The van der Waals surface area contributed by atoms with Crippen LogP contribution in [0.3, 0.4) is 0 Å². The Hall–Kier alpha value is -0.670. The summed E-state index contributed by atoms with van der Waals surface area (Å²) < 4.78 is 0. The van der Waals surface area contributed by atoms with Crippen molar-refractivity contribution in [2.45, 2.75) is 64.5 Å². The fourth-order valence-corrected chi connectivity index (χ4v) is 2.50. The molecule has 0 saturated carbocycles. The first-order valence-corrected chi connectivity index (χ1v) is 7.99. The lowest BCUT2D eigenvalue weighted by molar-refractivity contribution is 0.243. The first-order valence-electron chi connectivity index (χ1n) is 7.99. The third-order valence-corrected chi connectivity index (χ3v) is 3.66. The van der Waals surface area contributed by atoms with Crippen molar-refractivity contribution < 1.29 is 0 Å². The summed E-state index contributed by atoms with van der Waals surface area (Å²) in [5.74, 6) is 0. The number of nitrogens with two attached hydrogens (primary N) is 1. The second-order valence-corrected chi connectivity index (χ2v) is 5.35. The molecule has 0 aromatic carbocycles. The molecular formula is C16H31N3. The van der Waals surface area contributed by atoms with Crippen LogP contribution in [-0.4, -0.2) is 36.9 Å². The molecule has 3 nitrogen and oxygen atoms in total. The average Bonchev–Trinajstić information content (AvgIpc) is 2.85.